The minimum atomic E-state index is -0.199. The topological polar surface area (TPSA) is 73.7 Å². The first-order chi connectivity index (χ1) is 13.1. The standard InChI is InChI=1S/C20H21N3O4/c1-22-11-14(10-21-22)4-7-19(24)23-8-2-3-16(12-23)20(25)15-5-6-17-18(9-15)27-13-26-17/h4-7,9-11,16H,2-3,8,12-13H2,1H3/b7-4+/t16-/m0/s1. The number of benzene rings is 1. The predicted molar refractivity (Wildman–Crippen MR) is 98.4 cm³/mol. The lowest BCUT2D eigenvalue weighted by molar-refractivity contribution is -0.127. The molecule has 2 aromatic rings. The number of nitrogens with zero attached hydrogens (tertiary/aromatic N) is 3. The first kappa shape index (κ1) is 17.3. The summed E-state index contributed by atoms with van der Waals surface area (Å²) in [5.41, 5.74) is 1.47. The number of likely N-dealkylation sites (tertiary alicyclic amines) is 1. The zero-order chi connectivity index (χ0) is 18.8. The van der Waals surface area contributed by atoms with Crippen LogP contribution in [0.2, 0.25) is 0 Å². The lowest BCUT2D eigenvalue weighted by Crippen LogP contribution is -2.41. The molecule has 0 radical (unpaired) electrons. The molecule has 0 unspecified atom stereocenters. The Labute approximate surface area is 157 Å². The van der Waals surface area contributed by atoms with Crippen LogP contribution >= 0.6 is 0 Å². The van der Waals surface area contributed by atoms with Crippen LogP contribution in [0.25, 0.3) is 6.08 Å². The van der Waals surface area contributed by atoms with Crippen LogP contribution in [-0.2, 0) is 11.8 Å². The summed E-state index contributed by atoms with van der Waals surface area (Å²) in [7, 11) is 1.83. The smallest absolute Gasteiger partial charge is 0.246 e. The number of piperidine rings is 1. The molecule has 0 aliphatic carbocycles. The molecule has 3 heterocycles. The molecular formula is C20H21N3O4. The van der Waals surface area contributed by atoms with Crippen molar-refractivity contribution in [1.29, 1.82) is 0 Å². The van der Waals surface area contributed by atoms with Gasteiger partial charge in [0.05, 0.1) is 6.20 Å². The van der Waals surface area contributed by atoms with E-state index in [4.69, 9.17) is 9.47 Å². The molecule has 1 amide bonds. The van der Waals surface area contributed by atoms with Gasteiger partial charge >= 0.3 is 0 Å². The number of hydrogen-bond acceptors (Lipinski definition) is 5. The summed E-state index contributed by atoms with van der Waals surface area (Å²) in [5.74, 6) is 1.02. The summed E-state index contributed by atoms with van der Waals surface area (Å²) in [5, 5.41) is 4.08. The quantitative estimate of drug-likeness (QED) is 0.612. The molecule has 1 fully saturated rings. The summed E-state index contributed by atoms with van der Waals surface area (Å²) >= 11 is 0. The van der Waals surface area contributed by atoms with Gasteiger partial charge in [0.2, 0.25) is 12.7 Å². The highest BCUT2D eigenvalue weighted by atomic mass is 16.7. The number of Topliss-reactive ketones (excluding diaryl/α,β-unsaturated/α-hetero) is 1. The number of carbonyl (C=O) groups is 2. The van der Waals surface area contributed by atoms with Crippen molar-refractivity contribution in [3.05, 3.63) is 47.8 Å². The maximum Gasteiger partial charge on any atom is 0.246 e. The van der Waals surface area contributed by atoms with E-state index in [0.717, 1.165) is 18.4 Å². The maximum absolute atomic E-state index is 12.9. The van der Waals surface area contributed by atoms with Crippen LogP contribution < -0.4 is 9.47 Å². The van der Waals surface area contributed by atoms with Crippen LogP contribution in [0.1, 0.15) is 28.8 Å². The third-order valence-electron chi connectivity index (χ3n) is 4.90. The molecule has 1 saturated heterocycles. The molecule has 2 aliphatic rings. The monoisotopic (exact) mass is 367 g/mol. The first-order valence-corrected chi connectivity index (χ1v) is 8.99. The summed E-state index contributed by atoms with van der Waals surface area (Å²) in [4.78, 5) is 27.1. The Hall–Kier alpha value is -3.09. The van der Waals surface area contributed by atoms with Gasteiger partial charge < -0.3 is 14.4 Å². The zero-order valence-electron chi connectivity index (χ0n) is 15.1. The van der Waals surface area contributed by atoms with Gasteiger partial charge in [-0.25, -0.2) is 0 Å². The van der Waals surface area contributed by atoms with Gasteiger partial charge in [-0.2, -0.15) is 5.10 Å². The molecule has 2 aliphatic heterocycles. The predicted octanol–water partition coefficient (Wildman–Crippen LogP) is 2.28. The van der Waals surface area contributed by atoms with Gasteiger partial charge in [0, 0.05) is 49.5 Å². The molecule has 4 rings (SSSR count). The van der Waals surface area contributed by atoms with Gasteiger partial charge in [-0.1, -0.05) is 0 Å². The summed E-state index contributed by atoms with van der Waals surface area (Å²) in [6.07, 6.45) is 8.43. The van der Waals surface area contributed by atoms with E-state index in [2.05, 4.69) is 5.10 Å². The molecule has 0 N–H and O–H groups in total. The largest absolute Gasteiger partial charge is 0.454 e. The molecule has 1 aromatic heterocycles. The third-order valence-corrected chi connectivity index (χ3v) is 4.90. The average molecular weight is 367 g/mol. The molecule has 1 aromatic carbocycles. The van der Waals surface area contributed by atoms with Crippen molar-refractivity contribution >= 4 is 17.8 Å². The molecule has 1 atom stereocenters. The Kier molecular flexibility index (Phi) is 4.66. The van der Waals surface area contributed by atoms with E-state index >= 15 is 0 Å². The van der Waals surface area contributed by atoms with Crippen molar-refractivity contribution in [2.24, 2.45) is 13.0 Å². The molecule has 140 valence electrons. The summed E-state index contributed by atoms with van der Waals surface area (Å²) < 4.78 is 12.3. The fourth-order valence-corrected chi connectivity index (χ4v) is 3.48. The molecule has 7 heteroatoms. The van der Waals surface area contributed by atoms with Gasteiger partial charge in [-0.05, 0) is 37.1 Å². The highest BCUT2D eigenvalue weighted by Gasteiger charge is 2.29. The van der Waals surface area contributed by atoms with E-state index in [1.165, 1.54) is 0 Å². The van der Waals surface area contributed by atoms with Crippen LogP contribution in [0, 0.1) is 5.92 Å². The number of aromatic nitrogens is 2. The Morgan fingerprint density at radius 2 is 2.11 bits per heavy atom. The average Bonchev–Trinajstić information content (AvgIpc) is 3.33. The molecule has 0 bridgehead atoms. The van der Waals surface area contributed by atoms with Crippen molar-refractivity contribution < 1.29 is 19.1 Å². The second-order valence-electron chi connectivity index (χ2n) is 6.84. The summed E-state index contributed by atoms with van der Waals surface area (Å²) in [6, 6.07) is 5.25. The molecule has 0 saturated carbocycles. The van der Waals surface area contributed by atoms with Crippen molar-refractivity contribution in [2.75, 3.05) is 19.9 Å². The second kappa shape index (κ2) is 7.26. The highest BCUT2D eigenvalue weighted by Crippen LogP contribution is 2.33. The fraction of sp³-hybridized carbons (Fsp3) is 0.350. The number of fused-ring (bicyclic) bond motifs is 1. The number of aryl methyl sites for hydroxylation is 1. The van der Waals surface area contributed by atoms with E-state index < -0.39 is 0 Å². The van der Waals surface area contributed by atoms with Crippen LogP contribution in [0.15, 0.2) is 36.7 Å². The number of carbonyl (C=O) groups excluding carboxylic acids is 2. The highest BCUT2D eigenvalue weighted by molar-refractivity contribution is 5.99. The van der Waals surface area contributed by atoms with Crippen LogP contribution in [-0.4, -0.2) is 46.3 Å². The van der Waals surface area contributed by atoms with Crippen molar-refractivity contribution in [3.63, 3.8) is 0 Å². The molecular weight excluding hydrogens is 346 g/mol. The molecule has 27 heavy (non-hydrogen) atoms. The number of amides is 1. The van der Waals surface area contributed by atoms with E-state index in [9.17, 15) is 9.59 Å². The molecule has 7 nitrogen and oxygen atoms in total. The van der Waals surface area contributed by atoms with E-state index in [1.54, 1.807) is 46.1 Å². The van der Waals surface area contributed by atoms with Gasteiger partial charge in [0.25, 0.3) is 0 Å². The lowest BCUT2D eigenvalue weighted by atomic mass is 9.90. The maximum atomic E-state index is 12.9. The zero-order valence-corrected chi connectivity index (χ0v) is 15.1. The van der Waals surface area contributed by atoms with E-state index in [-0.39, 0.29) is 24.4 Å². The van der Waals surface area contributed by atoms with Gasteiger partial charge in [-0.3, -0.25) is 14.3 Å². The number of ketones is 1. The van der Waals surface area contributed by atoms with E-state index in [1.807, 2.05) is 13.2 Å². The lowest BCUT2D eigenvalue weighted by Gasteiger charge is -2.31. The second-order valence-corrected chi connectivity index (χ2v) is 6.84. The number of ether oxygens (including phenoxy) is 2. The number of hydrogen-bond donors (Lipinski definition) is 0. The van der Waals surface area contributed by atoms with Crippen LogP contribution in [0.5, 0.6) is 11.5 Å². The Bertz CT molecular complexity index is 902. The Morgan fingerprint density at radius 3 is 2.93 bits per heavy atom. The minimum Gasteiger partial charge on any atom is -0.454 e. The van der Waals surface area contributed by atoms with Crippen LogP contribution in [0.4, 0.5) is 0 Å². The Balaban J connectivity index is 1.42. The number of rotatable bonds is 4. The van der Waals surface area contributed by atoms with Gasteiger partial charge in [0.15, 0.2) is 17.3 Å². The first-order valence-electron chi connectivity index (χ1n) is 8.99. The molecule has 0 spiro atoms. The van der Waals surface area contributed by atoms with E-state index in [0.29, 0.717) is 30.2 Å². The fourth-order valence-electron chi connectivity index (χ4n) is 3.48. The Morgan fingerprint density at radius 1 is 1.26 bits per heavy atom. The van der Waals surface area contributed by atoms with Crippen molar-refractivity contribution in [3.8, 4) is 11.5 Å². The van der Waals surface area contributed by atoms with Gasteiger partial charge in [0.1, 0.15) is 0 Å². The van der Waals surface area contributed by atoms with Gasteiger partial charge in [-0.15, -0.1) is 0 Å². The SMILES string of the molecule is Cn1cc(/C=C/C(=O)N2CCC[C@H](C(=O)c3ccc4c(c3)OCO4)C2)cn1. The van der Waals surface area contributed by atoms with Crippen molar-refractivity contribution in [2.45, 2.75) is 12.8 Å². The van der Waals surface area contributed by atoms with Crippen molar-refractivity contribution in [1.82, 2.24) is 14.7 Å². The summed E-state index contributed by atoms with van der Waals surface area (Å²) in [6.45, 7) is 1.28. The third kappa shape index (κ3) is 3.72. The van der Waals surface area contributed by atoms with Crippen LogP contribution in [0.3, 0.4) is 0 Å². The minimum absolute atomic E-state index is 0.0436. The normalized spacial score (nSPS) is 18.9.